The molecule has 0 unspecified atom stereocenters. The molecule has 0 radical (unpaired) electrons. The van der Waals surface area contributed by atoms with Gasteiger partial charge in [0.15, 0.2) is 0 Å². The van der Waals surface area contributed by atoms with Crippen LogP contribution in [-0.2, 0) is 21.3 Å². The maximum atomic E-state index is 12.0. The molecular formula is C14H24N2O4S. The number of methoxy groups -OCH3 is 1. The molecule has 6 nitrogen and oxygen atoms in total. The average molecular weight is 316 g/mol. The average Bonchev–Trinajstić information content (AvgIpc) is 3.15. The van der Waals surface area contributed by atoms with Crippen molar-refractivity contribution in [2.45, 2.75) is 37.3 Å². The van der Waals surface area contributed by atoms with Gasteiger partial charge >= 0.3 is 0 Å². The summed E-state index contributed by atoms with van der Waals surface area (Å²) in [6.07, 6.45) is 4.58. The Labute approximate surface area is 126 Å². The van der Waals surface area contributed by atoms with E-state index in [1.54, 1.807) is 13.2 Å². The first-order valence-electron chi connectivity index (χ1n) is 7.40. The van der Waals surface area contributed by atoms with Crippen molar-refractivity contribution in [3.05, 3.63) is 17.9 Å². The van der Waals surface area contributed by atoms with E-state index in [1.807, 2.05) is 0 Å². The Bertz CT molecular complexity index is 523. The molecule has 1 fully saturated rings. The smallest absolute Gasteiger partial charge is 0.273 e. The first-order valence-corrected chi connectivity index (χ1v) is 8.88. The van der Waals surface area contributed by atoms with E-state index in [-0.39, 0.29) is 5.09 Å². The van der Waals surface area contributed by atoms with Crippen molar-refractivity contribution in [2.75, 3.05) is 26.8 Å². The van der Waals surface area contributed by atoms with Gasteiger partial charge in [-0.3, -0.25) is 0 Å². The fourth-order valence-corrected chi connectivity index (χ4v) is 3.08. The third-order valence-electron chi connectivity index (χ3n) is 3.46. The summed E-state index contributed by atoms with van der Waals surface area (Å²) in [5, 5.41) is 3.09. The lowest BCUT2D eigenvalue weighted by molar-refractivity contribution is 0.198. The molecule has 1 aromatic rings. The fourth-order valence-electron chi connectivity index (χ4n) is 2.06. The summed E-state index contributed by atoms with van der Waals surface area (Å²) in [5.41, 5.74) is 0. The Morgan fingerprint density at radius 1 is 1.33 bits per heavy atom. The predicted octanol–water partition coefficient (Wildman–Crippen LogP) is 1.48. The van der Waals surface area contributed by atoms with Gasteiger partial charge in [-0.2, -0.15) is 0 Å². The predicted molar refractivity (Wildman–Crippen MR) is 79.4 cm³/mol. The van der Waals surface area contributed by atoms with E-state index in [9.17, 15) is 8.42 Å². The molecule has 0 amide bonds. The highest BCUT2D eigenvalue weighted by Gasteiger charge is 2.22. The molecule has 7 heteroatoms. The zero-order chi connectivity index (χ0) is 15.1. The molecule has 1 aromatic heterocycles. The lowest BCUT2D eigenvalue weighted by atomic mass is 10.2. The second-order valence-corrected chi connectivity index (χ2v) is 7.07. The van der Waals surface area contributed by atoms with E-state index in [1.165, 1.54) is 18.9 Å². The molecule has 1 saturated carbocycles. The number of sulfonamides is 1. The molecule has 1 aliphatic carbocycles. The van der Waals surface area contributed by atoms with E-state index in [0.29, 0.717) is 32.0 Å². The normalized spacial score (nSPS) is 15.5. The second-order valence-electron chi connectivity index (χ2n) is 5.37. The number of ether oxygens (including phenoxy) is 1. The largest absolute Gasteiger partial charge is 0.447 e. The molecule has 120 valence electrons. The highest BCUT2D eigenvalue weighted by molar-refractivity contribution is 7.89. The number of rotatable bonds is 11. The Morgan fingerprint density at radius 2 is 2.14 bits per heavy atom. The third kappa shape index (κ3) is 5.78. The highest BCUT2D eigenvalue weighted by atomic mass is 32.2. The minimum atomic E-state index is -3.52. The standard InChI is InChI=1S/C14H24N2O4S/c1-19-10-9-15-11-13-6-7-14(20-13)21(17,18)16-8-2-3-12-4-5-12/h6-7,12,15-16H,2-5,8-11H2,1H3. The zero-order valence-corrected chi connectivity index (χ0v) is 13.2. The molecule has 21 heavy (non-hydrogen) atoms. The third-order valence-corrected chi connectivity index (χ3v) is 4.80. The summed E-state index contributed by atoms with van der Waals surface area (Å²) in [6, 6.07) is 3.18. The fraction of sp³-hybridized carbons (Fsp3) is 0.714. The van der Waals surface area contributed by atoms with Gasteiger partial charge in [0.25, 0.3) is 10.0 Å². The Morgan fingerprint density at radius 3 is 2.86 bits per heavy atom. The Kier molecular flexibility index (Phi) is 6.22. The molecule has 0 atom stereocenters. The first kappa shape index (κ1) is 16.5. The zero-order valence-electron chi connectivity index (χ0n) is 12.4. The molecule has 0 bridgehead atoms. The topological polar surface area (TPSA) is 80.6 Å². The van der Waals surface area contributed by atoms with Gasteiger partial charge in [-0.05, 0) is 30.9 Å². The first-order chi connectivity index (χ1) is 10.1. The van der Waals surface area contributed by atoms with E-state index in [0.717, 1.165) is 18.8 Å². The van der Waals surface area contributed by atoms with Crippen molar-refractivity contribution in [3.8, 4) is 0 Å². The summed E-state index contributed by atoms with van der Waals surface area (Å²) in [4.78, 5) is 0. The van der Waals surface area contributed by atoms with Gasteiger partial charge in [-0.15, -0.1) is 0 Å². The molecule has 1 heterocycles. The van der Waals surface area contributed by atoms with Crippen LogP contribution in [0.15, 0.2) is 21.6 Å². The lowest BCUT2D eigenvalue weighted by Crippen LogP contribution is -2.24. The monoisotopic (exact) mass is 316 g/mol. The van der Waals surface area contributed by atoms with Crippen LogP contribution in [0.3, 0.4) is 0 Å². The minimum absolute atomic E-state index is 0.0162. The number of hydrogen-bond acceptors (Lipinski definition) is 5. The Hall–Kier alpha value is -0.890. The summed E-state index contributed by atoms with van der Waals surface area (Å²) < 4.78 is 36.9. The van der Waals surface area contributed by atoms with Gasteiger partial charge in [0.1, 0.15) is 5.76 Å². The molecule has 1 aliphatic rings. The van der Waals surface area contributed by atoms with Gasteiger partial charge in [0, 0.05) is 20.2 Å². The van der Waals surface area contributed by atoms with Crippen LogP contribution in [0.2, 0.25) is 0 Å². The molecule has 2 N–H and O–H groups in total. The maximum absolute atomic E-state index is 12.0. The number of nitrogens with one attached hydrogen (secondary N) is 2. The lowest BCUT2D eigenvalue weighted by Gasteiger charge is -2.04. The molecule has 0 saturated heterocycles. The van der Waals surface area contributed by atoms with Crippen molar-refractivity contribution in [1.29, 1.82) is 0 Å². The van der Waals surface area contributed by atoms with Gasteiger partial charge in [0.05, 0.1) is 13.2 Å². The number of furan rings is 1. The van der Waals surface area contributed by atoms with Crippen LogP contribution < -0.4 is 10.0 Å². The summed E-state index contributed by atoms with van der Waals surface area (Å²) in [6.45, 7) is 2.26. The van der Waals surface area contributed by atoms with E-state index < -0.39 is 10.0 Å². The van der Waals surface area contributed by atoms with Crippen molar-refractivity contribution >= 4 is 10.0 Å². The molecule has 2 rings (SSSR count). The molecule has 0 aliphatic heterocycles. The van der Waals surface area contributed by atoms with Crippen molar-refractivity contribution < 1.29 is 17.6 Å². The van der Waals surface area contributed by atoms with Gasteiger partial charge < -0.3 is 14.5 Å². The van der Waals surface area contributed by atoms with Crippen LogP contribution in [0, 0.1) is 5.92 Å². The van der Waals surface area contributed by atoms with Crippen molar-refractivity contribution in [3.63, 3.8) is 0 Å². The van der Waals surface area contributed by atoms with E-state index >= 15 is 0 Å². The summed E-state index contributed by atoms with van der Waals surface area (Å²) in [7, 11) is -1.89. The Balaban J connectivity index is 1.74. The maximum Gasteiger partial charge on any atom is 0.273 e. The second kappa shape index (κ2) is 7.93. The van der Waals surface area contributed by atoms with Crippen LogP contribution in [0.25, 0.3) is 0 Å². The van der Waals surface area contributed by atoms with Crippen molar-refractivity contribution in [2.24, 2.45) is 5.92 Å². The van der Waals surface area contributed by atoms with Crippen LogP contribution in [-0.4, -0.2) is 35.2 Å². The van der Waals surface area contributed by atoms with Gasteiger partial charge in [-0.1, -0.05) is 12.8 Å². The van der Waals surface area contributed by atoms with Crippen LogP contribution in [0.1, 0.15) is 31.4 Å². The SMILES string of the molecule is COCCNCc1ccc(S(=O)(=O)NCCCC2CC2)o1. The quantitative estimate of drug-likeness (QED) is 0.605. The number of hydrogen-bond donors (Lipinski definition) is 2. The molecule has 0 aromatic carbocycles. The van der Waals surface area contributed by atoms with Gasteiger partial charge in [0.2, 0.25) is 5.09 Å². The highest BCUT2D eigenvalue weighted by Crippen LogP contribution is 2.33. The van der Waals surface area contributed by atoms with Crippen LogP contribution in [0.5, 0.6) is 0 Å². The van der Waals surface area contributed by atoms with Gasteiger partial charge in [-0.25, -0.2) is 13.1 Å². The van der Waals surface area contributed by atoms with E-state index in [4.69, 9.17) is 9.15 Å². The van der Waals surface area contributed by atoms with E-state index in [2.05, 4.69) is 10.0 Å². The molecule has 0 spiro atoms. The van der Waals surface area contributed by atoms with Crippen molar-refractivity contribution in [1.82, 2.24) is 10.0 Å². The van der Waals surface area contributed by atoms with Crippen LogP contribution >= 0.6 is 0 Å². The summed E-state index contributed by atoms with van der Waals surface area (Å²) in [5.74, 6) is 1.42. The minimum Gasteiger partial charge on any atom is -0.447 e. The van der Waals surface area contributed by atoms with Crippen LogP contribution in [0.4, 0.5) is 0 Å². The molecular weight excluding hydrogens is 292 g/mol. The summed E-state index contributed by atoms with van der Waals surface area (Å²) >= 11 is 0.